The summed E-state index contributed by atoms with van der Waals surface area (Å²) in [6.45, 7) is 11.3. The van der Waals surface area contributed by atoms with E-state index in [9.17, 15) is 13.2 Å². The molecule has 0 saturated carbocycles. The molecule has 3 rings (SSSR count). The third-order valence-corrected chi connectivity index (χ3v) is 7.44. The van der Waals surface area contributed by atoms with E-state index in [-0.39, 0.29) is 22.9 Å². The lowest BCUT2D eigenvalue weighted by molar-refractivity contribution is 0.0638. The number of aromatic nitrogens is 1. The van der Waals surface area contributed by atoms with Crippen molar-refractivity contribution in [2.24, 2.45) is 5.92 Å². The van der Waals surface area contributed by atoms with Crippen LogP contribution in [0.1, 0.15) is 57.9 Å². The first-order chi connectivity index (χ1) is 13.1. The first kappa shape index (κ1) is 20.9. The molecule has 1 aliphatic rings. The number of carbonyl (C=O) groups is 1. The SMILES string of the molecule is CC1CCN(S(=O)(=O)c2ccc3[nH]c(C(=O)N(C(C)C)C(C)C)cc3c2)CC1. The van der Waals surface area contributed by atoms with Crippen LogP contribution in [0.15, 0.2) is 29.2 Å². The lowest BCUT2D eigenvalue weighted by Crippen LogP contribution is -2.42. The van der Waals surface area contributed by atoms with Crippen LogP contribution in [0.25, 0.3) is 10.9 Å². The Morgan fingerprint density at radius 2 is 1.71 bits per heavy atom. The summed E-state index contributed by atoms with van der Waals surface area (Å²) < 4.78 is 27.6. The van der Waals surface area contributed by atoms with Crippen LogP contribution < -0.4 is 0 Å². The normalized spacial score (nSPS) is 17.0. The molecule has 0 radical (unpaired) electrons. The molecule has 0 aliphatic carbocycles. The maximum Gasteiger partial charge on any atom is 0.270 e. The van der Waals surface area contributed by atoms with E-state index in [0.717, 1.165) is 23.7 Å². The first-order valence-electron chi connectivity index (χ1n) is 10.1. The highest BCUT2D eigenvalue weighted by Crippen LogP contribution is 2.27. The fourth-order valence-corrected chi connectivity index (χ4v) is 5.47. The minimum Gasteiger partial charge on any atom is -0.351 e. The predicted octanol–water partition coefficient (Wildman–Crippen LogP) is 3.85. The second-order valence-electron chi connectivity index (χ2n) is 8.42. The molecule has 6 nitrogen and oxygen atoms in total. The van der Waals surface area contributed by atoms with Crippen molar-refractivity contribution in [1.29, 1.82) is 0 Å². The highest BCUT2D eigenvalue weighted by Gasteiger charge is 2.29. The lowest BCUT2D eigenvalue weighted by Gasteiger charge is -2.30. The highest BCUT2D eigenvalue weighted by molar-refractivity contribution is 7.89. The Bertz CT molecular complexity index is 946. The number of hydrogen-bond donors (Lipinski definition) is 1. The Hall–Kier alpha value is -1.86. The first-order valence-corrected chi connectivity index (χ1v) is 11.5. The Balaban J connectivity index is 1.92. The molecular formula is C21H31N3O3S. The van der Waals surface area contributed by atoms with E-state index >= 15 is 0 Å². The molecule has 0 spiro atoms. The van der Waals surface area contributed by atoms with Crippen LogP contribution in [-0.2, 0) is 10.0 Å². The molecule has 1 saturated heterocycles. The number of nitrogens with one attached hydrogen (secondary N) is 1. The Labute approximate surface area is 168 Å². The third kappa shape index (κ3) is 3.96. The highest BCUT2D eigenvalue weighted by atomic mass is 32.2. The number of carbonyl (C=O) groups excluding carboxylic acids is 1. The molecular weight excluding hydrogens is 374 g/mol. The molecule has 28 heavy (non-hydrogen) atoms. The van der Waals surface area contributed by atoms with Crippen LogP contribution in [0.5, 0.6) is 0 Å². The van der Waals surface area contributed by atoms with E-state index in [2.05, 4.69) is 11.9 Å². The van der Waals surface area contributed by atoms with E-state index in [1.54, 1.807) is 28.6 Å². The molecule has 1 aromatic carbocycles. The van der Waals surface area contributed by atoms with Gasteiger partial charge in [0, 0.05) is 36.1 Å². The van der Waals surface area contributed by atoms with Gasteiger partial charge in [0.2, 0.25) is 10.0 Å². The van der Waals surface area contributed by atoms with Gasteiger partial charge in [-0.1, -0.05) is 6.92 Å². The smallest absolute Gasteiger partial charge is 0.270 e. The van der Waals surface area contributed by atoms with Crippen molar-refractivity contribution in [2.45, 2.75) is 64.4 Å². The standard InChI is InChI=1S/C21H31N3O3S/c1-14(2)24(15(3)4)21(25)20-13-17-12-18(6-7-19(17)22-20)28(26,27)23-10-8-16(5)9-11-23/h6-7,12-16,22H,8-11H2,1-5H3. The summed E-state index contributed by atoms with van der Waals surface area (Å²) in [7, 11) is -3.51. The zero-order valence-corrected chi connectivity index (χ0v) is 18.2. The number of piperidine rings is 1. The number of nitrogens with zero attached hydrogens (tertiary/aromatic N) is 2. The molecule has 1 aromatic heterocycles. The number of aromatic amines is 1. The Morgan fingerprint density at radius 3 is 2.29 bits per heavy atom. The molecule has 1 N–H and O–H groups in total. The van der Waals surface area contributed by atoms with Crippen molar-refractivity contribution in [2.75, 3.05) is 13.1 Å². The van der Waals surface area contributed by atoms with Crippen molar-refractivity contribution in [3.63, 3.8) is 0 Å². The molecule has 0 atom stereocenters. The van der Waals surface area contributed by atoms with Crippen molar-refractivity contribution in [1.82, 2.24) is 14.2 Å². The molecule has 2 aromatic rings. The van der Waals surface area contributed by atoms with Crippen LogP contribution >= 0.6 is 0 Å². The van der Waals surface area contributed by atoms with Crippen LogP contribution in [0.4, 0.5) is 0 Å². The minimum atomic E-state index is -3.51. The average Bonchev–Trinajstić information content (AvgIpc) is 3.04. The number of fused-ring (bicyclic) bond motifs is 1. The maximum atomic E-state index is 13.0. The summed E-state index contributed by atoms with van der Waals surface area (Å²) in [5.74, 6) is 0.493. The number of sulfonamides is 1. The van der Waals surface area contributed by atoms with Crippen LogP contribution in [0, 0.1) is 5.92 Å². The predicted molar refractivity (Wildman–Crippen MR) is 112 cm³/mol. The van der Waals surface area contributed by atoms with E-state index in [0.29, 0.717) is 24.7 Å². The summed E-state index contributed by atoms with van der Waals surface area (Å²) in [6, 6.07) is 6.97. The van der Waals surface area contributed by atoms with Gasteiger partial charge in [0.05, 0.1) is 4.90 Å². The van der Waals surface area contributed by atoms with E-state index in [1.165, 1.54) is 0 Å². The van der Waals surface area contributed by atoms with Gasteiger partial charge >= 0.3 is 0 Å². The molecule has 0 unspecified atom stereocenters. The van der Waals surface area contributed by atoms with Crippen LogP contribution in [0.2, 0.25) is 0 Å². The van der Waals surface area contributed by atoms with Gasteiger partial charge in [-0.2, -0.15) is 4.31 Å². The van der Waals surface area contributed by atoms with E-state index < -0.39 is 10.0 Å². The zero-order valence-electron chi connectivity index (χ0n) is 17.4. The van der Waals surface area contributed by atoms with E-state index in [1.807, 2.05) is 32.6 Å². The van der Waals surface area contributed by atoms with Gasteiger partial charge in [-0.3, -0.25) is 4.79 Å². The van der Waals surface area contributed by atoms with Gasteiger partial charge in [-0.25, -0.2) is 8.42 Å². The van der Waals surface area contributed by atoms with Crippen LogP contribution in [-0.4, -0.2) is 53.7 Å². The maximum absolute atomic E-state index is 13.0. The topological polar surface area (TPSA) is 73.5 Å². The second kappa shape index (κ2) is 7.87. The average molecular weight is 406 g/mol. The van der Waals surface area contributed by atoms with Gasteiger partial charge in [0.25, 0.3) is 5.91 Å². The molecule has 0 bridgehead atoms. The van der Waals surface area contributed by atoms with Gasteiger partial charge in [0.15, 0.2) is 0 Å². The number of rotatable bonds is 5. The zero-order chi connectivity index (χ0) is 20.6. The number of hydrogen-bond acceptors (Lipinski definition) is 3. The van der Waals surface area contributed by atoms with Crippen molar-refractivity contribution < 1.29 is 13.2 Å². The van der Waals surface area contributed by atoms with Gasteiger partial charge in [-0.15, -0.1) is 0 Å². The fraction of sp³-hybridized carbons (Fsp3) is 0.571. The fourth-order valence-electron chi connectivity index (χ4n) is 3.97. The summed E-state index contributed by atoms with van der Waals surface area (Å²) >= 11 is 0. The summed E-state index contributed by atoms with van der Waals surface area (Å²) in [5.41, 5.74) is 1.25. The largest absolute Gasteiger partial charge is 0.351 e. The minimum absolute atomic E-state index is 0.0735. The Kier molecular flexibility index (Phi) is 5.87. The molecule has 2 heterocycles. The number of H-pyrrole nitrogens is 1. The summed E-state index contributed by atoms with van der Waals surface area (Å²) in [4.78, 5) is 18.2. The van der Waals surface area contributed by atoms with Crippen molar-refractivity contribution >= 4 is 26.8 Å². The molecule has 1 aliphatic heterocycles. The van der Waals surface area contributed by atoms with E-state index in [4.69, 9.17) is 0 Å². The quantitative estimate of drug-likeness (QED) is 0.821. The molecule has 154 valence electrons. The molecule has 7 heteroatoms. The third-order valence-electron chi connectivity index (χ3n) is 5.55. The molecule has 1 amide bonds. The van der Waals surface area contributed by atoms with Gasteiger partial charge < -0.3 is 9.88 Å². The summed E-state index contributed by atoms with van der Waals surface area (Å²) in [5, 5.41) is 0.738. The Morgan fingerprint density at radius 1 is 1.11 bits per heavy atom. The monoisotopic (exact) mass is 405 g/mol. The number of benzene rings is 1. The van der Waals surface area contributed by atoms with Crippen molar-refractivity contribution in [3.05, 3.63) is 30.0 Å². The van der Waals surface area contributed by atoms with Gasteiger partial charge in [-0.05, 0) is 70.7 Å². The lowest BCUT2D eigenvalue weighted by atomic mass is 10.0. The van der Waals surface area contributed by atoms with Crippen molar-refractivity contribution in [3.8, 4) is 0 Å². The van der Waals surface area contributed by atoms with Crippen LogP contribution in [0.3, 0.4) is 0 Å². The second-order valence-corrected chi connectivity index (χ2v) is 10.4. The summed E-state index contributed by atoms with van der Waals surface area (Å²) in [6.07, 6.45) is 1.79. The van der Waals surface area contributed by atoms with Gasteiger partial charge in [0.1, 0.15) is 5.69 Å². The molecule has 1 fully saturated rings. The number of amides is 1.